The molecule has 0 radical (unpaired) electrons. The Morgan fingerprint density at radius 2 is 0.366 bits per heavy atom. The molecule has 388 valence electrons. The molecular formula is C76H54N6. The molecule has 6 nitrogen and oxygen atoms in total. The summed E-state index contributed by atoms with van der Waals surface area (Å²) >= 11 is 0. The van der Waals surface area contributed by atoms with Crippen LogP contribution in [0.25, 0.3) is 55.1 Å². The molecule has 0 saturated heterocycles. The standard InChI is InChI=1S/C76H54N6/c1-7-25-57(26-8-1)79(58-27-9-2-10-28-58)71-51-53-73(67-39-21-19-37-65(67)71)81(61-33-15-5-16-34-61)63-47-43-55(44-48-63)75-76(78-70-42-24-23-41-69(70)77-75)56-45-49-64(50-46-56)82(62-35-17-6-18-36-62)74-54-52-72(66-38-20-22-40-68(66)74)80(59-29-11-3-12-30-59)60-31-13-4-14-32-60/h1-54H. The van der Waals surface area contributed by atoms with Crippen LogP contribution in [0.5, 0.6) is 0 Å². The van der Waals surface area contributed by atoms with Crippen molar-refractivity contribution in [3.63, 3.8) is 0 Å². The van der Waals surface area contributed by atoms with Crippen LogP contribution in [0, 0.1) is 0 Å². The zero-order chi connectivity index (χ0) is 54.6. The van der Waals surface area contributed by atoms with Crippen LogP contribution in [0.3, 0.4) is 0 Å². The Balaban J connectivity index is 0.853. The van der Waals surface area contributed by atoms with Crippen LogP contribution >= 0.6 is 0 Å². The Kier molecular flexibility index (Phi) is 13.2. The number of hydrogen-bond acceptors (Lipinski definition) is 6. The smallest absolute Gasteiger partial charge is 0.0973 e. The minimum atomic E-state index is 0.809. The van der Waals surface area contributed by atoms with Crippen LogP contribution in [-0.4, -0.2) is 9.97 Å². The molecule has 6 heteroatoms. The number of para-hydroxylation sites is 8. The van der Waals surface area contributed by atoms with Crippen LogP contribution in [0.15, 0.2) is 328 Å². The van der Waals surface area contributed by atoms with Crippen LogP contribution in [0.4, 0.5) is 68.2 Å². The number of benzene rings is 13. The summed E-state index contributed by atoms with van der Waals surface area (Å²) in [6.45, 7) is 0. The zero-order valence-electron chi connectivity index (χ0n) is 44.9. The van der Waals surface area contributed by atoms with Crippen molar-refractivity contribution in [1.82, 2.24) is 9.97 Å². The van der Waals surface area contributed by atoms with Gasteiger partial charge in [-0.05, 0) is 133 Å². The van der Waals surface area contributed by atoms with Gasteiger partial charge in [0.05, 0.1) is 45.2 Å². The van der Waals surface area contributed by atoms with Gasteiger partial charge in [-0.1, -0.05) is 194 Å². The molecule has 0 fully saturated rings. The van der Waals surface area contributed by atoms with Crippen molar-refractivity contribution < 1.29 is 0 Å². The van der Waals surface area contributed by atoms with Gasteiger partial charge >= 0.3 is 0 Å². The molecule has 1 heterocycles. The third-order valence-corrected chi connectivity index (χ3v) is 15.2. The molecule has 0 aliphatic heterocycles. The van der Waals surface area contributed by atoms with Gasteiger partial charge in [0.1, 0.15) is 0 Å². The van der Waals surface area contributed by atoms with E-state index in [1.807, 2.05) is 24.3 Å². The highest BCUT2D eigenvalue weighted by molar-refractivity contribution is 6.09. The van der Waals surface area contributed by atoms with Crippen LogP contribution in [-0.2, 0) is 0 Å². The van der Waals surface area contributed by atoms with Crippen molar-refractivity contribution in [2.24, 2.45) is 0 Å². The van der Waals surface area contributed by atoms with E-state index < -0.39 is 0 Å². The van der Waals surface area contributed by atoms with E-state index in [9.17, 15) is 0 Å². The Morgan fingerprint density at radius 1 is 0.171 bits per heavy atom. The third-order valence-electron chi connectivity index (χ3n) is 15.2. The second-order valence-electron chi connectivity index (χ2n) is 20.2. The van der Waals surface area contributed by atoms with E-state index in [2.05, 4.69) is 323 Å². The highest BCUT2D eigenvalue weighted by atomic mass is 15.2. The highest BCUT2D eigenvalue weighted by Crippen LogP contribution is 2.48. The van der Waals surface area contributed by atoms with Crippen molar-refractivity contribution in [2.75, 3.05) is 19.6 Å². The first kappa shape index (κ1) is 49.2. The van der Waals surface area contributed by atoms with Crippen LogP contribution < -0.4 is 19.6 Å². The van der Waals surface area contributed by atoms with Crippen molar-refractivity contribution in [1.29, 1.82) is 0 Å². The second kappa shape index (κ2) is 22.0. The van der Waals surface area contributed by atoms with Gasteiger partial charge in [0, 0.05) is 78.2 Å². The average molecular weight is 1050 g/mol. The maximum atomic E-state index is 5.39. The van der Waals surface area contributed by atoms with Crippen molar-refractivity contribution in [3.8, 4) is 22.5 Å². The lowest BCUT2D eigenvalue weighted by Gasteiger charge is -2.30. The summed E-state index contributed by atoms with van der Waals surface area (Å²) in [7, 11) is 0. The number of aromatic nitrogens is 2. The first-order valence-electron chi connectivity index (χ1n) is 27.7. The summed E-state index contributed by atoms with van der Waals surface area (Å²) < 4.78 is 0. The monoisotopic (exact) mass is 1050 g/mol. The molecule has 0 atom stereocenters. The van der Waals surface area contributed by atoms with Gasteiger partial charge < -0.3 is 19.6 Å². The molecular weight excluding hydrogens is 997 g/mol. The Labute approximate surface area is 478 Å². The number of anilines is 12. The third kappa shape index (κ3) is 9.40. The predicted octanol–water partition coefficient (Wildman–Crippen LogP) is 21.1. The molecule has 0 saturated carbocycles. The topological polar surface area (TPSA) is 38.7 Å². The molecule has 0 unspecified atom stereocenters. The fourth-order valence-electron chi connectivity index (χ4n) is 11.4. The SMILES string of the molecule is c1ccc(N(c2ccccc2)c2ccc(N(c3ccccc3)c3ccc(-c4nc5ccccc5nc4-c4ccc(N(c5ccccc5)c5ccc(N(c6ccccc6)c6ccccc6)c6ccccc56)cc4)cc3)c3ccccc23)cc1. The summed E-state index contributed by atoms with van der Waals surface area (Å²) in [4.78, 5) is 20.2. The predicted molar refractivity (Wildman–Crippen MR) is 344 cm³/mol. The maximum absolute atomic E-state index is 5.39. The molecule has 0 amide bonds. The van der Waals surface area contributed by atoms with E-state index in [1.54, 1.807) is 0 Å². The van der Waals surface area contributed by atoms with Gasteiger partial charge in [-0.25, -0.2) is 9.97 Å². The van der Waals surface area contributed by atoms with Gasteiger partial charge in [-0.3, -0.25) is 0 Å². The van der Waals surface area contributed by atoms with Crippen molar-refractivity contribution >= 4 is 101 Å². The zero-order valence-corrected chi connectivity index (χ0v) is 44.9. The lowest BCUT2D eigenvalue weighted by Crippen LogP contribution is -2.13. The number of nitrogens with zero attached hydrogens (tertiary/aromatic N) is 6. The first-order valence-corrected chi connectivity index (χ1v) is 27.7. The molecule has 0 aliphatic carbocycles. The molecule has 14 rings (SSSR count). The normalized spacial score (nSPS) is 11.2. The van der Waals surface area contributed by atoms with Gasteiger partial charge in [-0.2, -0.15) is 0 Å². The summed E-state index contributed by atoms with van der Waals surface area (Å²) in [6.07, 6.45) is 0. The molecule has 0 spiro atoms. The van der Waals surface area contributed by atoms with E-state index in [0.717, 1.165) is 123 Å². The highest BCUT2D eigenvalue weighted by Gasteiger charge is 2.24. The lowest BCUT2D eigenvalue weighted by molar-refractivity contribution is 1.26. The fraction of sp³-hybridized carbons (Fsp3) is 0. The van der Waals surface area contributed by atoms with Gasteiger partial charge in [0.2, 0.25) is 0 Å². The molecule has 0 aliphatic rings. The van der Waals surface area contributed by atoms with Crippen LogP contribution in [0.2, 0.25) is 0 Å². The van der Waals surface area contributed by atoms with Gasteiger partial charge in [-0.15, -0.1) is 0 Å². The number of fused-ring (bicyclic) bond motifs is 3. The van der Waals surface area contributed by atoms with E-state index >= 15 is 0 Å². The fourth-order valence-corrected chi connectivity index (χ4v) is 11.4. The van der Waals surface area contributed by atoms with Crippen molar-refractivity contribution in [2.45, 2.75) is 0 Å². The van der Waals surface area contributed by atoms with E-state index in [0.29, 0.717) is 0 Å². The summed E-state index contributed by atoms with van der Waals surface area (Å²) in [6, 6.07) is 116. The second-order valence-corrected chi connectivity index (χ2v) is 20.2. The average Bonchev–Trinajstić information content (AvgIpc) is 3.70. The number of hydrogen-bond donors (Lipinski definition) is 0. The van der Waals surface area contributed by atoms with E-state index in [-0.39, 0.29) is 0 Å². The maximum Gasteiger partial charge on any atom is 0.0973 e. The van der Waals surface area contributed by atoms with Crippen molar-refractivity contribution in [3.05, 3.63) is 328 Å². The minimum Gasteiger partial charge on any atom is -0.310 e. The molecule has 0 N–H and O–H groups in total. The molecule has 1 aromatic heterocycles. The Morgan fingerprint density at radius 3 is 0.598 bits per heavy atom. The van der Waals surface area contributed by atoms with E-state index in [1.165, 1.54) is 0 Å². The van der Waals surface area contributed by atoms with Crippen LogP contribution in [0.1, 0.15) is 0 Å². The minimum absolute atomic E-state index is 0.809. The summed E-state index contributed by atoms with van der Waals surface area (Å²) in [5, 5.41) is 4.54. The largest absolute Gasteiger partial charge is 0.310 e. The van der Waals surface area contributed by atoms with E-state index in [4.69, 9.17) is 9.97 Å². The molecule has 14 aromatic rings. The lowest BCUT2D eigenvalue weighted by atomic mass is 10.0. The molecule has 13 aromatic carbocycles. The Bertz CT molecular complexity index is 4120. The quantitative estimate of drug-likeness (QED) is 0.108. The van der Waals surface area contributed by atoms with Gasteiger partial charge in [0.25, 0.3) is 0 Å². The summed E-state index contributed by atoms with van der Waals surface area (Å²) in [5.74, 6) is 0. The summed E-state index contributed by atoms with van der Waals surface area (Å²) in [5.41, 5.74) is 18.1. The number of rotatable bonds is 14. The van der Waals surface area contributed by atoms with Gasteiger partial charge in [0.15, 0.2) is 0 Å². The molecule has 0 bridgehead atoms. The first-order chi connectivity index (χ1) is 40.7. The Hall–Kier alpha value is -11.1. The molecule has 82 heavy (non-hydrogen) atoms.